The Morgan fingerprint density at radius 2 is 1.96 bits per heavy atom. The number of anilines is 1. The first-order valence-electron chi connectivity index (χ1n) is 7.45. The van der Waals surface area contributed by atoms with Gasteiger partial charge in [-0.2, -0.15) is 0 Å². The second-order valence-electron chi connectivity index (χ2n) is 5.45. The Balaban J connectivity index is 1.72. The molecule has 0 aliphatic rings. The summed E-state index contributed by atoms with van der Waals surface area (Å²) in [4.78, 5) is 34.7. The van der Waals surface area contributed by atoms with Crippen LogP contribution in [0.25, 0.3) is 21.8 Å². The van der Waals surface area contributed by atoms with E-state index in [0.717, 1.165) is 17.0 Å². The van der Waals surface area contributed by atoms with E-state index in [1.165, 1.54) is 12.4 Å². The maximum absolute atomic E-state index is 14.2. The van der Waals surface area contributed by atoms with Crippen LogP contribution in [0.4, 0.5) is 10.1 Å². The van der Waals surface area contributed by atoms with Gasteiger partial charge in [-0.05, 0) is 30.3 Å². The van der Waals surface area contributed by atoms with Gasteiger partial charge < -0.3 is 10.3 Å². The van der Waals surface area contributed by atoms with E-state index >= 15 is 0 Å². The summed E-state index contributed by atoms with van der Waals surface area (Å²) in [6, 6.07) is 11.0. The van der Waals surface area contributed by atoms with Crippen molar-refractivity contribution in [3.63, 3.8) is 0 Å². The number of pyridine rings is 1. The number of hydrogen-bond acceptors (Lipinski definition) is 4. The Hall–Kier alpha value is -3.61. The molecule has 2 aromatic carbocycles. The van der Waals surface area contributed by atoms with Crippen LogP contribution in [0.15, 0.2) is 59.8 Å². The van der Waals surface area contributed by atoms with Crippen molar-refractivity contribution in [3.8, 4) is 0 Å². The van der Waals surface area contributed by atoms with Gasteiger partial charge in [0.25, 0.3) is 11.5 Å². The van der Waals surface area contributed by atoms with Gasteiger partial charge in [0, 0.05) is 23.2 Å². The zero-order valence-corrected chi connectivity index (χ0v) is 12.8. The molecule has 25 heavy (non-hydrogen) atoms. The monoisotopic (exact) mass is 334 g/mol. The topological polar surface area (TPSA) is 87.7 Å². The molecule has 2 N–H and O–H groups in total. The molecular weight excluding hydrogens is 323 g/mol. The van der Waals surface area contributed by atoms with E-state index in [4.69, 9.17) is 0 Å². The van der Waals surface area contributed by atoms with Crippen molar-refractivity contribution in [2.24, 2.45) is 0 Å². The van der Waals surface area contributed by atoms with Crippen LogP contribution in [-0.4, -0.2) is 20.9 Å². The van der Waals surface area contributed by atoms with Gasteiger partial charge in [0.1, 0.15) is 5.82 Å². The zero-order valence-electron chi connectivity index (χ0n) is 12.8. The van der Waals surface area contributed by atoms with Gasteiger partial charge in [0.05, 0.1) is 28.4 Å². The van der Waals surface area contributed by atoms with E-state index in [9.17, 15) is 14.0 Å². The van der Waals surface area contributed by atoms with E-state index in [1.54, 1.807) is 30.5 Å². The van der Waals surface area contributed by atoms with Gasteiger partial charge in [0.2, 0.25) is 0 Å². The first-order valence-corrected chi connectivity index (χ1v) is 7.45. The van der Waals surface area contributed by atoms with Crippen molar-refractivity contribution in [2.45, 2.75) is 0 Å². The van der Waals surface area contributed by atoms with Crippen LogP contribution in [0.1, 0.15) is 10.4 Å². The zero-order chi connectivity index (χ0) is 17.4. The number of rotatable bonds is 2. The molecule has 7 heteroatoms. The summed E-state index contributed by atoms with van der Waals surface area (Å²) in [5.74, 6) is -1.15. The Morgan fingerprint density at radius 3 is 2.84 bits per heavy atom. The molecule has 0 saturated carbocycles. The summed E-state index contributed by atoms with van der Waals surface area (Å²) in [5, 5.41) is 3.49. The number of H-pyrrole nitrogens is 1. The summed E-state index contributed by atoms with van der Waals surface area (Å²) in [6.45, 7) is 0. The number of halogens is 1. The molecule has 0 unspecified atom stereocenters. The molecule has 0 radical (unpaired) electrons. The summed E-state index contributed by atoms with van der Waals surface area (Å²) < 4.78 is 14.2. The van der Waals surface area contributed by atoms with Crippen LogP contribution in [0.3, 0.4) is 0 Å². The van der Waals surface area contributed by atoms with Crippen molar-refractivity contribution < 1.29 is 9.18 Å². The number of benzene rings is 2. The van der Waals surface area contributed by atoms with E-state index in [0.29, 0.717) is 5.56 Å². The highest BCUT2D eigenvalue weighted by atomic mass is 19.1. The predicted octanol–water partition coefficient (Wildman–Crippen LogP) is 2.86. The number of carbonyl (C=O) groups is 1. The number of aromatic amines is 1. The molecule has 0 fully saturated rings. The highest BCUT2D eigenvalue weighted by molar-refractivity contribution is 6.06. The fourth-order valence-corrected chi connectivity index (χ4v) is 2.60. The van der Waals surface area contributed by atoms with Crippen molar-refractivity contribution in [1.29, 1.82) is 0 Å². The molecule has 0 bridgehead atoms. The summed E-state index contributed by atoms with van der Waals surface area (Å²) in [7, 11) is 0. The standard InChI is InChI=1S/C18H11FN4O2/c19-13-8-15-12(18(25)22-9-21-15)7-16(13)23-17(24)11-3-4-14-10(6-11)2-1-5-20-14/h1-9H,(H,23,24)(H,21,22,25). The number of amides is 1. The molecule has 1 amide bonds. The van der Waals surface area contributed by atoms with E-state index < -0.39 is 17.3 Å². The molecule has 2 aromatic heterocycles. The van der Waals surface area contributed by atoms with Crippen molar-refractivity contribution in [3.05, 3.63) is 76.7 Å². The van der Waals surface area contributed by atoms with Crippen LogP contribution in [-0.2, 0) is 0 Å². The largest absolute Gasteiger partial charge is 0.319 e. The van der Waals surface area contributed by atoms with Gasteiger partial charge in [0.15, 0.2) is 0 Å². The van der Waals surface area contributed by atoms with Crippen molar-refractivity contribution in [1.82, 2.24) is 15.0 Å². The lowest BCUT2D eigenvalue weighted by molar-refractivity contribution is 0.102. The van der Waals surface area contributed by atoms with E-state index in [-0.39, 0.29) is 16.6 Å². The highest BCUT2D eigenvalue weighted by Gasteiger charge is 2.13. The minimum Gasteiger partial charge on any atom is -0.319 e. The van der Waals surface area contributed by atoms with Gasteiger partial charge in [-0.1, -0.05) is 6.07 Å². The number of aromatic nitrogens is 3. The minimum absolute atomic E-state index is 0.0812. The van der Waals surface area contributed by atoms with Gasteiger partial charge in [-0.25, -0.2) is 9.37 Å². The predicted molar refractivity (Wildman–Crippen MR) is 92.0 cm³/mol. The van der Waals surface area contributed by atoms with Crippen molar-refractivity contribution in [2.75, 3.05) is 5.32 Å². The van der Waals surface area contributed by atoms with Gasteiger partial charge >= 0.3 is 0 Å². The van der Waals surface area contributed by atoms with Crippen LogP contribution in [0, 0.1) is 5.82 Å². The molecule has 2 heterocycles. The molecule has 0 aliphatic carbocycles. The quantitative estimate of drug-likeness (QED) is 0.590. The maximum Gasteiger partial charge on any atom is 0.258 e. The van der Waals surface area contributed by atoms with Gasteiger partial charge in [-0.15, -0.1) is 0 Å². The Bertz CT molecular complexity index is 1190. The number of fused-ring (bicyclic) bond motifs is 2. The fraction of sp³-hybridized carbons (Fsp3) is 0. The first-order chi connectivity index (χ1) is 12.1. The molecule has 0 atom stereocenters. The third-order valence-electron chi connectivity index (χ3n) is 3.84. The second-order valence-corrected chi connectivity index (χ2v) is 5.45. The molecule has 122 valence electrons. The molecule has 0 spiro atoms. The first kappa shape index (κ1) is 14.9. The molecule has 0 saturated heterocycles. The summed E-state index contributed by atoms with van der Waals surface area (Å²) >= 11 is 0. The molecular formula is C18H11FN4O2. The van der Waals surface area contributed by atoms with E-state index in [1.807, 2.05) is 6.07 Å². The molecule has 4 rings (SSSR count). The number of nitrogens with one attached hydrogen (secondary N) is 2. The summed E-state index contributed by atoms with van der Waals surface area (Å²) in [6.07, 6.45) is 2.86. The fourth-order valence-electron chi connectivity index (χ4n) is 2.60. The Labute approximate surface area is 140 Å². The Morgan fingerprint density at radius 1 is 1.08 bits per heavy atom. The van der Waals surface area contributed by atoms with Crippen molar-refractivity contribution >= 4 is 33.4 Å². The van der Waals surface area contributed by atoms with Crippen LogP contribution >= 0.6 is 0 Å². The SMILES string of the molecule is O=C(Nc1cc2c(=O)[nH]cnc2cc1F)c1ccc2ncccc2c1. The lowest BCUT2D eigenvalue weighted by Gasteiger charge is -2.08. The van der Waals surface area contributed by atoms with E-state index in [2.05, 4.69) is 20.3 Å². The second kappa shape index (κ2) is 5.79. The number of carbonyl (C=O) groups excluding carboxylic acids is 1. The molecule has 6 nitrogen and oxygen atoms in total. The maximum atomic E-state index is 14.2. The lowest BCUT2D eigenvalue weighted by Crippen LogP contribution is -2.14. The third kappa shape index (κ3) is 2.72. The van der Waals surface area contributed by atoms with Gasteiger partial charge in [-0.3, -0.25) is 14.6 Å². The number of nitrogens with zero attached hydrogens (tertiary/aromatic N) is 2. The molecule has 0 aliphatic heterocycles. The Kier molecular flexibility index (Phi) is 3.46. The van der Waals surface area contributed by atoms with Crippen LogP contribution in [0.2, 0.25) is 0 Å². The number of hydrogen-bond donors (Lipinski definition) is 2. The lowest BCUT2D eigenvalue weighted by atomic mass is 10.1. The summed E-state index contributed by atoms with van der Waals surface area (Å²) in [5.41, 5.74) is 0.851. The minimum atomic E-state index is -0.665. The van der Waals surface area contributed by atoms with Crippen LogP contribution < -0.4 is 10.9 Å². The normalized spacial score (nSPS) is 10.9. The smallest absolute Gasteiger partial charge is 0.258 e. The average Bonchev–Trinajstić information content (AvgIpc) is 2.62. The highest BCUT2D eigenvalue weighted by Crippen LogP contribution is 2.21. The third-order valence-corrected chi connectivity index (χ3v) is 3.84. The molecule has 4 aromatic rings. The average molecular weight is 334 g/mol. The van der Waals surface area contributed by atoms with Crippen LogP contribution in [0.5, 0.6) is 0 Å².